The van der Waals surface area contributed by atoms with Crippen molar-refractivity contribution in [2.45, 2.75) is 6.92 Å². The van der Waals surface area contributed by atoms with E-state index in [1.807, 2.05) is 30.7 Å². The summed E-state index contributed by atoms with van der Waals surface area (Å²) in [5.41, 5.74) is 1.97. The molecule has 14 heavy (non-hydrogen) atoms. The zero-order valence-electron chi connectivity index (χ0n) is 8.10. The molecule has 0 unspecified atom stereocenters. The first-order valence-electron chi connectivity index (χ1n) is 4.10. The number of hydrogen-bond donors (Lipinski definition) is 1. The second kappa shape index (κ2) is 4.45. The summed E-state index contributed by atoms with van der Waals surface area (Å²) in [7, 11) is 1.90. The Morgan fingerprint density at radius 3 is 2.93 bits per heavy atom. The van der Waals surface area contributed by atoms with Crippen molar-refractivity contribution in [2.24, 2.45) is 12.2 Å². The minimum Gasteiger partial charge on any atom is -0.479 e. The lowest BCUT2D eigenvalue weighted by molar-refractivity contribution is -0.142. The van der Waals surface area contributed by atoms with Crippen molar-refractivity contribution in [2.75, 3.05) is 6.61 Å². The van der Waals surface area contributed by atoms with Gasteiger partial charge in [-0.3, -0.25) is 0 Å². The third kappa shape index (κ3) is 2.62. The van der Waals surface area contributed by atoms with Crippen LogP contribution in [0.4, 0.5) is 0 Å². The Bertz CT molecular complexity index is 355. The van der Waals surface area contributed by atoms with E-state index in [-0.39, 0.29) is 0 Å². The quantitative estimate of drug-likeness (QED) is 0.571. The van der Waals surface area contributed by atoms with Gasteiger partial charge in [0, 0.05) is 12.7 Å². The molecule has 0 saturated carbocycles. The van der Waals surface area contributed by atoms with Gasteiger partial charge in [-0.2, -0.15) is 0 Å². The number of nitrogens with zero attached hydrogens (tertiary/aromatic N) is 2. The maximum Gasteiger partial charge on any atom is 0.344 e. The molecule has 0 fully saturated rings. The number of aromatic nitrogens is 1. The van der Waals surface area contributed by atoms with E-state index < -0.39 is 12.6 Å². The highest BCUT2D eigenvalue weighted by Crippen LogP contribution is 2.02. The van der Waals surface area contributed by atoms with Crippen LogP contribution < -0.4 is 0 Å². The Balaban J connectivity index is 2.52. The van der Waals surface area contributed by atoms with Crippen LogP contribution in [0.5, 0.6) is 0 Å². The molecule has 1 N–H and O–H groups in total. The molecule has 0 atom stereocenters. The van der Waals surface area contributed by atoms with Gasteiger partial charge >= 0.3 is 5.97 Å². The van der Waals surface area contributed by atoms with Gasteiger partial charge in [-0.25, -0.2) is 4.79 Å². The fourth-order valence-electron chi connectivity index (χ4n) is 0.947. The number of carboxylic acids is 1. The van der Waals surface area contributed by atoms with Crippen molar-refractivity contribution in [3.63, 3.8) is 0 Å². The minimum absolute atomic E-state index is 0.417. The summed E-state index contributed by atoms with van der Waals surface area (Å²) in [6, 6.07) is 3.82. The van der Waals surface area contributed by atoms with Gasteiger partial charge in [-0.15, -0.1) is 0 Å². The second-order valence-corrected chi connectivity index (χ2v) is 2.86. The van der Waals surface area contributed by atoms with Gasteiger partial charge in [0.05, 0.1) is 11.9 Å². The fraction of sp³-hybridized carbons (Fsp3) is 0.333. The third-order valence-electron chi connectivity index (χ3n) is 1.86. The molecule has 1 aromatic rings. The van der Waals surface area contributed by atoms with E-state index in [0.717, 1.165) is 11.4 Å². The van der Waals surface area contributed by atoms with Crippen LogP contribution in [0, 0.1) is 6.92 Å². The molecule has 0 radical (unpaired) electrons. The van der Waals surface area contributed by atoms with Crippen LogP contribution in [-0.2, 0) is 16.7 Å². The fourth-order valence-corrected chi connectivity index (χ4v) is 0.947. The molecule has 0 aromatic carbocycles. The maximum atomic E-state index is 10.1. The first kappa shape index (κ1) is 10.3. The standard InChI is InChI=1S/C9H12N2O3/c1-7-3-4-8(11(7)2)5-10-14-6-9(12)13/h3-5H,6H2,1-2H3,(H,12,13)/b10-5-. The number of hydrogen-bond acceptors (Lipinski definition) is 3. The summed E-state index contributed by atoms with van der Waals surface area (Å²) in [5.74, 6) is -1.04. The molecule has 76 valence electrons. The van der Waals surface area contributed by atoms with Gasteiger partial charge in [-0.05, 0) is 19.1 Å². The van der Waals surface area contributed by atoms with Crippen LogP contribution in [0.15, 0.2) is 17.3 Å². The van der Waals surface area contributed by atoms with Gasteiger partial charge < -0.3 is 14.5 Å². The van der Waals surface area contributed by atoms with Crippen LogP contribution >= 0.6 is 0 Å². The summed E-state index contributed by atoms with van der Waals surface area (Å²) in [4.78, 5) is 14.6. The number of oxime groups is 1. The van der Waals surface area contributed by atoms with E-state index in [2.05, 4.69) is 9.99 Å². The number of aryl methyl sites for hydroxylation is 1. The van der Waals surface area contributed by atoms with Crippen molar-refractivity contribution in [3.8, 4) is 0 Å². The second-order valence-electron chi connectivity index (χ2n) is 2.86. The summed E-state index contributed by atoms with van der Waals surface area (Å²) in [6.45, 7) is 1.55. The summed E-state index contributed by atoms with van der Waals surface area (Å²) < 4.78 is 1.92. The van der Waals surface area contributed by atoms with Crippen LogP contribution in [0.1, 0.15) is 11.4 Å². The summed E-state index contributed by atoms with van der Waals surface area (Å²) in [5, 5.41) is 11.8. The molecule has 0 saturated heterocycles. The summed E-state index contributed by atoms with van der Waals surface area (Å²) in [6.07, 6.45) is 1.48. The number of carboxylic acid groups (broad SMARTS) is 1. The summed E-state index contributed by atoms with van der Waals surface area (Å²) >= 11 is 0. The molecule has 5 nitrogen and oxygen atoms in total. The lowest BCUT2D eigenvalue weighted by atomic mass is 10.4. The molecule has 1 rings (SSSR count). The number of rotatable bonds is 4. The van der Waals surface area contributed by atoms with E-state index in [9.17, 15) is 4.79 Å². The molecule has 0 aliphatic rings. The molecule has 0 bridgehead atoms. The van der Waals surface area contributed by atoms with Crippen LogP contribution in [0.25, 0.3) is 0 Å². The van der Waals surface area contributed by atoms with Crippen molar-refractivity contribution < 1.29 is 14.7 Å². The Morgan fingerprint density at radius 2 is 2.43 bits per heavy atom. The van der Waals surface area contributed by atoms with Crippen molar-refractivity contribution >= 4 is 12.2 Å². The number of aliphatic carboxylic acids is 1. The van der Waals surface area contributed by atoms with E-state index in [0.29, 0.717) is 0 Å². The molecule has 0 aliphatic carbocycles. The van der Waals surface area contributed by atoms with Crippen molar-refractivity contribution in [1.82, 2.24) is 4.57 Å². The third-order valence-corrected chi connectivity index (χ3v) is 1.86. The topological polar surface area (TPSA) is 63.8 Å². The van der Waals surface area contributed by atoms with E-state index in [1.165, 1.54) is 6.21 Å². The average molecular weight is 196 g/mol. The SMILES string of the molecule is Cc1ccc(/C=N\OCC(=O)O)n1C. The average Bonchev–Trinajstić information content (AvgIpc) is 2.43. The van der Waals surface area contributed by atoms with Crippen molar-refractivity contribution in [3.05, 3.63) is 23.5 Å². The lowest BCUT2D eigenvalue weighted by Crippen LogP contribution is -2.04. The van der Waals surface area contributed by atoms with Gasteiger partial charge in [0.2, 0.25) is 6.61 Å². The smallest absolute Gasteiger partial charge is 0.344 e. The van der Waals surface area contributed by atoms with E-state index in [1.54, 1.807) is 0 Å². The Hall–Kier alpha value is -1.78. The van der Waals surface area contributed by atoms with E-state index >= 15 is 0 Å². The predicted molar refractivity (Wildman–Crippen MR) is 51.3 cm³/mol. The molecule has 1 aromatic heterocycles. The Labute approximate surface area is 81.6 Å². The van der Waals surface area contributed by atoms with Crippen LogP contribution in [0.2, 0.25) is 0 Å². The number of carbonyl (C=O) groups is 1. The van der Waals surface area contributed by atoms with Gasteiger partial charge in [0.1, 0.15) is 0 Å². The lowest BCUT2D eigenvalue weighted by Gasteiger charge is -1.98. The molecule has 0 amide bonds. The van der Waals surface area contributed by atoms with Crippen LogP contribution in [0.3, 0.4) is 0 Å². The highest BCUT2D eigenvalue weighted by molar-refractivity contribution is 5.77. The highest BCUT2D eigenvalue weighted by atomic mass is 16.6. The predicted octanol–water partition coefficient (Wildman–Crippen LogP) is 0.769. The zero-order valence-corrected chi connectivity index (χ0v) is 8.10. The Kier molecular flexibility index (Phi) is 3.28. The van der Waals surface area contributed by atoms with Crippen LogP contribution in [-0.4, -0.2) is 28.5 Å². The molecule has 0 spiro atoms. The molecule has 1 heterocycles. The molecule has 0 aliphatic heterocycles. The van der Waals surface area contributed by atoms with E-state index in [4.69, 9.17) is 5.11 Å². The maximum absolute atomic E-state index is 10.1. The first-order valence-corrected chi connectivity index (χ1v) is 4.10. The minimum atomic E-state index is -1.04. The highest BCUT2D eigenvalue weighted by Gasteiger charge is 1.97. The van der Waals surface area contributed by atoms with Gasteiger partial charge in [-0.1, -0.05) is 5.16 Å². The molecular formula is C9H12N2O3. The first-order chi connectivity index (χ1) is 6.61. The monoisotopic (exact) mass is 196 g/mol. The largest absolute Gasteiger partial charge is 0.479 e. The zero-order chi connectivity index (χ0) is 10.6. The van der Waals surface area contributed by atoms with Gasteiger partial charge in [0.25, 0.3) is 0 Å². The Morgan fingerprint density at radius 1 is 1.71 bits per heavy atom. The normalized spacial score (nSPS) is 10.7. The van der Waals surface area contributed by atoms with Crippen molar-refractivity contribution in [1.29, 1.82) is 0 Å². The molecular weight excluding hydrogens is 184 g/mol. The van der Waals surface area contributed by atoms with Gasteiger partial charge in [0.15, 0.2) is 0 Å². The molecule has 5 heteroatoms.